The molecule has 1 unspecified atom stereocenters. The lowest BCUT2D eigenvalue weighted by Gasteiger charge is -2.23. The molecule has 0 aliphatic heterocycles. The van der Waals surface area contributed by atoms with E-state index in [1.165, 1.54) is 6.26 Å². The number of thiocarbonyl (C=S) groups is 1. The van der Waals surface area contributed by atoms with Gasteiger partial charge < -0.3 is 15.1 Å². The molecule has 0 aliphatic rings. The van der Waals surface area contributed by atoms with Gasteiger partial charge in [0.05, 0.1) is 16.8 Å². The molecule has 4 nitrogen and oxygen atoms in total. The first-order chi connectivity index (χ1) is 7.97. The summed E-state index contributed by atoms with van der Waals surface area (Å²) in [6.45, 7) is 4.81. The van der Waals surface area contributed by atoms with E-state index in [0.29, 0.717) is 23.6 Å². The Bertz CT molecular complexity index is 419. The molecule has 0 aliphatic carbocycles. The fourth-order valence-electron chi connectivity index (χ4n) is 1.39. The van der Waals surface area contributed by atoms with Crippen molar-refractivity contribution in [2.45, 2.75) is 13.8 Å². The third-order valence-electron chi connectivity index (χ3n) is 2.50. The van der Waals surface area contributed by atoms with Crippen molar-refractivity contribution in [1.82, 2.24) is 4.90 Å². The Morgan fingerprint density at radius 1 is 1.71 bits per heavy atom. The topological polar surface area (TPSA) is 59.5 Å². The first-order valence-electron chi connectivity index (χ1n) is 5.29. The minimum absolute atomic E-state index is 0.0282. The van der Waals surface area contributed by atoms with Crippen molar-refractivity contribution in [1.29, 1.82) is 0 Å². The van der Waals surface area contributed by atoms with Gasteiger partial charge in [-0.1, -0.05) is 19.1 Å². The lowest BCUT2D eigenvalue weighted by molar-refractivity contribution is 0.0754. The van der Waals surface area contributed by atoms with Gasteiger partial charge in [0.1, 0.15) is 0 Å². The van der Waals surface area contributed by atoms with Crippen LogP contribution in [0, 0.1) is 5.92 Å². The van der Waals surface area contributed by atoms with Crippen LogP contribution in [0.4, 0.5) is 0 Å². The van der Waals surface area contributed by atoms with E-state index in [4.69, 9.17) is 34.0 Å². The van der Waals surface area contributed by atoms with Crippen LogP contribution in [0.25, 0.3) is 0 Å². The van der Waals surface area contributed by atoms with Crippen LogP contribution in [0.3, 0.4) is 0 Å². The van der Waals surface area contributed by atoms with E-state index in [1.807, 2.05) is 13.8 Å². The van der Waals surface area contributed by atoms with E-state index < -0.39 is 0 Å². The molecule has 0 fully saturated rings. The van der Waals surface area contributed by atoms with E-state index in [-0.39, 0.29) is 17.0 Å². The molecule has 1 aromatic rings. The van der Waals surface area contributed by atoms with Crippen molar-refractivity contribution < 1.29 is 9.21 Å². The fourth-order valence-corrected chi connectivity index (χ4v) is 1.66. The second-order valence-electron chi connectivity index (χ2n) is 3.76. The number of furan rings is 1. The third-order valence-corrected chi connectivity index (χ3v) is 3.19. The van der Waals surface area contributed by atoms with Crippen LogP contribution in [0.15, 0.2) is 16.7 Å². The highest BCUT2D eigenvalue weighted by molar-refractivity contribution is 7.80. The van der Waals surface area contributed by atoms with Gasteiger partial charge in [0.15, 0.2) is 0 Å². The fraction of sp³-hybridized carbons (Fsp3) is 0.455. The van der Waals surface area contributed by atoms with Crippen molar-refractivity contribution >= 4 is 34.7 Å². The standard InChI is InChI=1S/C11H15ClN2O2S/c1-3-14(6-7(2)10(13)17)11(15)8-4-5-16-9(8)12/h4-5,7H,3,6H2,1-2H3,(H2,13,17). The highest BCUT2D eigenvalue weighted by atomic mass is 35.5. The number of hydrogen-bond acceptors (Lipinski definition) is 3. The number of carbonyl (C=O) groups excluding carboxylic acids is 1. The summed E-state index contributed by atoms with van der Waals surface area (Å²) in [5.74, 6) is -0.200. The maximum Gasteiger partial charge on any atom is 0.258 e. The Kier molecular flexibility index (Phi) is 4.96. The van der Waals surface area contributed by atoms with Crippen LogP contribution in [0.5, 0.6) is 0 Å². The zero-order valence-electron chi connectivity index (χ0n) is 9.77. The van der Waals surface area contributed by atoms with Crippen molar-refractivity contribution in [3.63, 3.8) is 0 Å². The summed E-state index contributed by atoms with van der Waals surface area (Å²) in [7, 11) is 0. The Morgan fingerprint density at radius 3 is 2.76 bits per heavy atom. The molecule has 94 valence electrons. The predicted molar refractivity (Wildman–Crippen MR) is 71.2 cm³/mol. The van der Waals surface area contributed by atoms with Gasteiger partial charge in [-0.25, -0.2) is 0 Å². The second kappa shape index (κ2) is 6.02. The monoisotopic (exact) mass is 274 g/mol. The molecule has 0 radical (unpaired) electrons. The molecular weight excluding hydrogens is 260 g/mol. The molecule has 0 spiro atoms. The van der Waals surface area contributed by atoms with Crippen molar-refractivity contribution in [3.8, 4) is 0 Å². The van der Waals surface area contributed by atoms with Gasteiger partial charge in [-0.2, -0.15) is 0 Å². The maximum atomic E-state index is 12.1. The summed E-state index contributed by atoms with van der Waals surface area (Å²) >= 11 is 10.7. The summed E-state index contributed by atoms with van der Waals surface area (Å²) in [5, 5.41) is 0.108. The normalized spacial score (nSPS) is 12.2. The van der Waals surface area contributed by atoms with E-state index in [9.17, 15) is 4.79 Å². The molecule has 6 heteroatoms. The molecule has 1 amide bonds. The quantitative estimate of drug-likeness (QED) is 0.837. The number of amides is 1. The van der Waals surface area contributed by atoms with Gasteiger partial charge in [0, 0.05) is 19.0 Å². The lowest BCUT2D eigenvalue weighted by Crippen LogP contribution is -2.38. The van der Waals surface area contributed by atoms with Crippen LogP contribution < -0.4 is 5.73 Å². The smallest absolute Gasteiger partial charge is 0.258 e. The Hall–Kier alpha value is -1.07. The molecule has 1 atom stereocenters. The van der Waals surface area contributed by atoms with E-state index >= 15 is 0 Å². The minimum atomic E-state index is -0.172. The molecule has 1 aromatic heterocycles. The van der Waals surface area contributed by atoms with Crippen molar-refractivity contribution in [3.05, 3.63) is 23.1 Å². The van der Waals surface area contributed by atoms with Crippen LogP contribution in [-0.2, 0) is 0 Å². The minimum Gasteiger partial charge on any atom is -0.452 e. The Labute approximate surface area is 111 Å². The number of carbonyl (C=O) groups is 1. The molecular formula is C11H15ClN2O2S. The van der Waals surface area contributed by atoms with Gasteiger partial charge in [0.2, 0.25) is 5.22 Å². The van der Waals surface area contributed by atoms with Crippen LogP contribution >= 0.6 is 23.8 Å². The van der Waals surface area contributed by atoms with Gasteiger partial charge in [-0.15, -0.1) is 0 Å². The van der Waals surface area contributed by atoms with Gasteiger partial charge in [-0.3, -0.25) is 4.79 Å². The predicted octanol–water partition coefficient (Wildman–Crippen LogP) is 2.32. The molecule has 0 saturated heterocycles. The highest BCUT2D eigenvalue weighted by Crippen LogP contribution is 2.19. The van der Waals surface area contributed by atoms with E-state index in [1.54, 1.807) is 11.0 Å². The molecule has 2 N–H and O–H groups in total. The summed E-state index contributed by atoms with van der Waals surface area (Å²) in [6, 6.07) is 1.55. The number of nitrogens with zero attached hydrogens (tertiary/aromatic N) is 1. The largest absolute Gasteiger partial charge is 0.452 e. The SMILES string of the molecule is CCN(CC(C)C(N)=S)C(=O)c1ccoc1Cl. The molecule has 1 heterocycles. The van der Waals surface area contributed by atoms with Gasteiger partial charge in [-0.05, 0) is 24.6 Å². The number of nitrogens with two attached hydrogens (primary N) is 1. The Morgan fingerprint density at radius 2 is 2.35 bits per heavy atom. The number of hydrogen-bond donors (Lipinski definition) is 1. The summed E-state index contributed by atoms with van der Waals surface area (Å²) in [4.78, 5) is 14.2. The molecule has 17 heavy (non-hydrogen) atoms. The molecule has 1 rings (SSSR count). The van der Waals surface area contributed by atoms with Gasteiger partial charge in [0.25, 0.3) is 5.91 Å². The first kappa shape index (κ1) is 14.0. The average molecular weight is 275 g/mol. The van der Waals surface area contributed by atoms with Crippen LogP contribution in [0.1, 0.15) is 24.2 Å². The summed E-state index contributed by atoms with van der Waals surface area (Å²) in [6.07, 6.45) is 1.39. The molecule has 0 bridgehead atoms. The second-order valence-corrected chi connectivity index (χ2v) is 4.57. The van der Waals surface area contributed by atoms with E-state index in [0.717, 1.165) is 0 Å². The summed E-state index contributed by atoms with van der Waals surface area (Å²) < 4.78 is 4.90. The zero-order valence-corrected chi connectivity index (χ0v) is 11.3. The highest BCUT2D eigenvalue weighted by Gasteiger charge is 2.21. The zero-order chi connectivity index (χ0) is 13.0. The van der Waals surface area contributed by atoms with Gasteiger partial charge >= 0.3 is 0 Å². The van der Waals surface area contributed by atoms with Crippen molar-refractivity contribution in [2.75, 3.05) is 13.1 Å². The van der Waals surface area contributed by atoms with E-state index in [2.05, 4.69) is 0 Å². The average Bonchev–Trinajstić information content (AvgIpc) is 2.70. The van der Waals surface area contributed by atoms with Crippen molar-refractivity contribution in [2.24, 2.45) is 11.7 Å². The summed E-state index contributed by atoms with van der Waals surface area (Å²) in [5.41, 5.74) is 5.90. The Balaban J connectivity index is 2.78. The maximum absolute atomic E-state index is 12.1. The van der Waals surface area contributed by atoms with Crippen LogP contribution in [0.2, 0.25) is 5.22 Å². The third kappa shape index (κ3) is 3.44. The van der Waals surface area contributed by atoms with Crippen LogP contribution in [-0.4, -0.2) is 28.9 Å². The number of rotatable bonds is 5. The molecule has 0 aromatic carbocycles. The molecule has 0 saturated carbocycles. The number of halogens is 1. The first-order valence-corrected chi connectivity index (χ1v) is 6.07. The lowest BCUT2D eigenvalue weighted by atomic mass is 10.1.